The molecular formula is C11H19N3O. The van der Waals surface area contributed by atoms with Crippen molar-refractivity contribution in [2.75, 3.05) is 12.3 Å². The standard InChI is InChI=1S/C11H19N3O/c1-7(2)10-9(12)11(14(3)13-10)15-6-8-4-5-8/h7-8H,4-6,12H2,1-3H3. The summed E-state index contributed by atoms with van der Waals surface area (Å²) in [7, 11) is 1.88. The smallest absolute Gasteiger partial charge is 0.235 e. The average molecular weight is 209 g/mol. The van der Waals surface area contributed by atoms with E-state index in [9.17, 15) is 0 Å². The van der Waals surface area contributed by atoms with Gasteiger partial charge in [-0.1, -0.05) is 13.8 Å². The summed E-state index contributed by atoms with van der Waals surface area (Å²) in [6.07, 6.45) is 2.57. The maximum atomic E-state index is 6.00. The van der Waals surface area contributed by atoms with Crippen molar-refractivity contribution in [2.24, 2.45) is 13.0 Å². The first-order valence-electron chi connectivity index (χ1n) is 5.54. The Morgan fingerprint density at radius 1 is 1.53 bits per heavy atom. The molecule has 4 heteroatoms. The molecule has 0 aliphatic heterocycles. The largest absolute Gasteiger partial charge is 0.476 e. The Kier molecular flexibility index (Phi) is 2.59. The Bertz CT molecular complexity index is 353. The first kappa shape index (κ1) is 10.3. The van der Waals surface area contributed by atoms with Gasteiger partial charge < -0.3 is 10.5 Å². The van der Waals surface area contributed by atoms with Crippen molar-refractivity contribution in [1.29, 1.82) is 0 Å². The van der Waals surface area contributed by atoms with Gasteiger partial charge in [-0.25, -0.2) is 4.68 Å². The molecule has 0 amide bonds. The molecule has 0 atom stereocenters. The maximum Gasteiger partial charge on any atom is 0.235 e. The van der Waals surface area contributed by atoms with E-state index in [1.807, 2.05) is 7.05 Å². The van der Waals surface area contributed by atoms with E-state index in [1.54, 1.807) is 4.68 Å². The summed E-state index contributed by atoms with van der Waals surface area (Å²) in [6.45, 7) is 4.95. The number of nitrogen functional groups attached to an aromatic ring is 1. The van der Waals surface area contributed by atoms with Gasteiger partial charge in [0.1, 0.15) is 5.69 Å². The fraction of sp³-hybridized carbons (Fsp3) is 0.727. The number of aryl methyl sites for hydroxylation is 1. The molecule has 2 N–H and O–H groups in total. The van der Waals surface area contributed by atoms with E-state index >= 15 is 0 Å². The van der Waals surface area contributed by atoms with Gasteiger partial charge in [0.05, 0.1) is 12.3 Å². The normalized spacial score (nSPS) is 16.0. The zero-order valence-corrected chi connectivity index (χ0v) is 9.66. The third-order valence-corrected chi connectivity index (χ3v) is 2.76. The highest BCUT2D eigenvalue weighted by Crippen LogP contribution is 2.33. The lowest BCUT2D eigenvalue weighted by molar-refractivity contribution is 0.276. The van der Waals surface area contributed by atoms with Gasteiger partial charge in [0.15, 0.2) is 0 Å². The third kappa shape index (κ3) is 2.08. The number of rotatable bonds is 4. The minimum atomic E-state index is 0.342. The van der Waals surface area contributed by atoms with E-state index < -0.39 is 0 Å². The second-order valence-corrected chi connectivity index (χ2v) is 4.64. The van der Waals surface area contributed by atoms with Crippen LogP contribution in [0, 0.1) is 5.92 Å². The molecule has 4 nitrogen and oxygen atoms in total. The van der Waals surface area contributed by atoms with E-state index in [1.165, 1.54) is 12.8 Å². The van der Waals surface area contributed by atoms with Gasteiger partial charge in [0.25, 0.3) is 0 Å². The molecule has 0 unspecified atom stereocenters. The molecule has 1 saturated carbocycles. The number of nitrogens with zero attached hydrogens (tertiary/aromatic N) is 2. The lowest BCUT2D eigenvalue weighted by Crippen LogP contribution is -2.05. The molecule has 0 radical (unpaired) electrons. The fourth-order valence-corrected chi connectivity index (χ4v) is 1.62. The summed E-state index contributed by atoms with van der Waals surface area (Å²) in [4.78, 5) is 0. The monoisotopic (exact) mass is 209 g/mol. The second kappa shape index (κ2) is 3.76. The van der Waals surface area contributed by atoms with Crippen LogP contribution < -0.4 is 10.5 Å². The molecule has 0 saturated heterocycles. The van der Waals surface area contributed by atoms with E-state index in [-0.39, 0.29) is 0 Å². The topological polar surface area (TPSA) is 53.1 Å². The summed E-state index contributed by atoms with van der Waals surface area (Å²) in [5.41, 5.74) is 7.64. The lowest BCUT2D eigenvalue weighted by atomic mass is 10.1. The van der Waals surface area contributed by atoms with Crippen LogP contribution in [0.15, 0.2) is 0 Å². The van der Waals surface area contributed by atoms with Crippen molar-refractivity contribution < 1.29 is 4.74 Å². The van der Waals surface area contributed by atoms with Crippen LogP contribution in [0.5, 0.6) is 5.88 Å². The highest BCUT2D eigenvalue weighted by molar-refractivity contribution is 5.54. The van der Waals surface area contributed by atoms with Gasteiger partial charge >= 0.3 is 0 Å². The summed E-state index contributed by atoms with van der Waals surface area (Å²) in [6, 6.07) is 0. The summed E-state index contributed by atoms with van der Waals surface area (Å²) in [5.74, 6) is 1.81. The number of ether oxygens (including phenoxy) is 1. The van der Waals surface area contributed by atoms with Gasteiger partial charge in [-0.2, -0.15) is 5.10 Å². The first-order valence-corrected chi connectivity index (χ1v) is 5.54. The molecule has 84 valence electrons. The van der Waals surface area contributed by atoms with Gasteiger partial charge in [-0.05, 0) is 24.7 Å². The number of anilines is 1. The summed E-state index contributed by atoms with van der Waals surface area (Å²) >= 11 is 0. The third-order valence-electron chi connectivity index (χ3n) is 2.76. The van der Waals surface area contributed by atoms with E-state index in [0.717, 1.165) is 24.1 Å². The van der Waals surface area contributed by atoms with Crippen LogP contribution >= 0.6 is 0 Å². The molecular weight excluding hydrogens is 190 g/mol. The molecule has 1 aliphatic rings. The van der Waals surface area contributed by atoms with Gasteiger partial charge in [-0.3, -0.25) is 0 Å². The van der Waals surface area contributed by atoms with Crippen molar-refractivity contribution in [3.8, 4) is 5.88 Å². The number of aromatic nitrogens is 2. The molecule has 1 aromatic heterocycles. The van der Waals surface area contributed by atoms with Crippen molar-refractivity contribution in [1.82, 2.24) is 9.78 Å². The van der Waals surface area contributed by atoms with Crippen LogP contribution in [0.3, 0.4) is 0 Å². The molecule has 2 rings (SSSR count). The van der Waals surface area contributed by atoms with Crippen LogP contribution in [-0.4, -0.2) is 16.4 Å². The number of nitrogens with two attached hydrogens (primary N) is 1. The van der Waals surface area contributed by atoms with Crippen molar-refractivity contribution in [3.63, 3.8) is 0 Å². The Hall–Kier alpha value is -1.19. The van der Waals surface area contributed by atoms with Crippen LogP contribution in [0.25, 0.3) is 0 Å². The minimum absolute atomic E-state index is 0.342. The summed E-state index contributed by atoms with van der Waals surface area (Å²) < 4.78 is 7.44. The maximum absolute atomic E-state index is 6.00. The highest BCUT2D eigenvalue weighted by Gasteiger charge is 2.24. The molecule has 1 aromatic rings. The molecule has 1 heterocycles. The van der Waals surface area contributed by atoms with Crippen LogP contribution in [-0.2, 0) is 7.05 Å². The predicted molar refractivity (Wildman–Crippen MR) is 59.9 cm³/mol. The Morgan fingerprint density at radius 2 is 2.20 bits per heavy atom. The highest BCUT2D eigenvalue weighted by atomic mass is 16.5. The van der Waals surface area contributed by atoms with Crippen LogP contribution in [0.1, 0.15) is 38.3 Å². The molecule has 0 aromatic carbocycles. The SMILES string of the molecule is CC(C)c1nn(C)c(OCC2CC2)c1N. The fourth-order valence-electron chi connectivity index (χ4n) is 1.62. The average Bonchev–Trinajstić information content (AvgIpc) is 2.93. The second-order valence-electron chi connectivity index (χ2n) is 4.64. The summed E-state index contributed by atoms with van der Waals surface area (Å²) in [5, 5.41) is 4.37. The quantitative estimate of drug-likeness (QED) is 0.824. The van der Waals surface area contributed by atoms with E-state index in [0.29, 0.717) is 11.6 Å². The predicted octanol–water partition coefficient (Wildman–Crippen LogP) is 1.91. The van der Waals surface area contributed by atoms with Gasteiger partial charge in [-0.15, -0.1) is 0 Å². The zero-order chi connectivity index (χ0) is 11.0. The van der Waals surface area contributed by atoms with Gasteiger partial charge in [0.2, 0.25) is 5.88 Å². The molecule has 0 spiro atoms. The van der Waals surface area contributed by atoms with E-state index in [4.69, 9.17) is 10.5 Å². The molecule has 15 heavy (non-hydrogen) atoms. The lowest BCUT2D eigenvalue weighted by Gasteiger charge is -2.06. The van der Waals surface area contributed by atoms with Crippen molar-refractivity contribution in [3.05, 3.63) is 5.69 Å². The minimum Gasteiger partial charge on any atom is -0.476 e. The van der Waals surface area contributed by atoms with Crippen molar-refractivity contribution in [2.45, 2.75) is 32.6 Å². The Labute approximate surface area is 90.4 Å². The molecule has 1 fully saturated rings. The van der Waals surface area contributed by atoms with Crippen LogP contribution in [0.2, 0.25) is 0 Å². The van der Waals surface area contributed by atoms with Crippen molar-refractivity contribution >= 4 is 5.69 Å². The number of hydrogen-bond acceptors (Lipinski definition) is 3. The Balaban J connectivity index is 2.13. The van der Waals surface area contributed by atoms with Gasteiger partial charge in [0, 0.05) is 7.05 Å². The molecule has 0 bridgehead atoms. The zero-order valence-electron chi connectivity index (χ0n) is 9.66. The number of hydrogen-bond donors (Lipinski definition) is 1. The first-order chi connectivity index (χ1) is 7.09. The van der Waals surface area contributed by atoms with Crippen LogP contribution in [0.4, 0.5) is 5.69 Å². The molecule has 1 aliphatic carbocycles. The van der Waals surface area contributed by atoms with E-state index in [2.05, 4.69) is 18.9 Å². The Morgan fingerprint density at radius 3 is 2.67 bits per heavy atom.